The molecule has 3 atom stereocenters. The van der Waals surface area contributed by atoms with E-state index in [9.17, 15) is 4.39 Å². The van der Waals surface area contributed by atoms with Gasteiger partial charge in [-0.2, -0.15) is 10.1 Å². The Kier molecular flexibility index (Phi) is 5.46. The summed E-state index contributed by atoms with van der Waals surface area (Å²) in [7, 11) is 0. The number of fused-ring (bicyclic) bond motifs is 1. The van der Waals surface area contributed by atoms with Crippen LogP contribution in [0.15, 0.2) is 30.7 Å². The van der Waals surface area contributed by atoms with Gasteiger partial charge in [-0.3, -0.25) is 0 Å². The molecule has 0 N–H and O–H groups in total. The quantitative estimate of drug-likeness (QED) is 0.628. The molecule has 0 amide bonds. The minimum atomic E-state index is -1.14. The number of pyridine rings is 1. The van der Waals surface area contributed by atoms with Crippen LogP contribution >= 0.6 is 0 Å². The first kappa shape index (κ1) is 20.2. The predicted molar refractivity (Wildman–Crippen MR) is 119 cm³/mol. The molecule has 3 aromatic heterocycles. The number of nitrogens with zero attached hydrogens (tertiary/aromatic N) is 7. The van der Waals surface area contributed by atoms with E-state index in [4.69, 9.17) is 4.98 Å². The number of piperidine rings is 2. The molecule has 0 aliphatic carbocycles. The first-order valence-corrected chi connectivity index (χ1v) is 11.4. The molecule has 0 saturated carbocycles. The fourth-order valence-corrected chi connectivity index (χ4v) is 4.91. The van der Waals surface area contributed by atoms with Gasteiger partial charge in [0.1, 0.15) is 18.3 Å². The van der Waals surface area contributed by atoms with Crippen molar-refractivity contribution in [3.63, 3.8) is 0 Å². The summed E-state index contributed by atoms with van der Waals surface area (Å²) in [6.07, 6.45) is 7.16. The lowest BCUT2D eigenvalue weighted by Crippen LogP contribution is -2.40. The first-order valence-electron chi connectivity index (χ1n) is 11.4. The van der Waals surface area contributed by atoms with Crippen molar-refractivity contribution in [3.8, 4) is 0 Å². The van der Waals surface area contributed by atoms with Crippen molar-refractivity contribution in [2.75, 3.05) is 36.0 Å². The summed E-state index contributed by atoms with van der Waals surface area (Å²) < 4.78 is 15.9. The molecule has 3 aromatic rings. The number of anilines is 2. The summed E-state index contributed by atoms with van der Waals surface area (Å²) in [5, 5.41) is 4.38. The molecule has 2 unspecified atom stereocenters. The van der Waals surface area contributed by atoms with E-state index in [1.165, 1.54) is 38.2 Å². The van der Waals surface area contributed by atoms with Gasteiger partial charge in [-0.05, 0) is 50.7 Å². The van der Waals surface area contributed by atoms with Gasteiger partial charge in [0.05, 0.1) is 11.4 Å². The van der Waals surface area contributed by atoms with E-state index >= 15 is 0 Å². The molecule has 7 nitrogen and oxygen atoms in total. The maximum Gasteiger partial charge on any atom is 0.252 e. The highest BCUT2D eigenvalue weighted by atomic mass is 19.1. The number of aromatic nitrogens is 5. The molecule has 0 bridgehead atoms. The molecule has 2 saturated heterocycles. The van der Waals surface area contributed by atoms with Crippen molar-refractivity contribution >= 4 is 17.3 Å². The zero-order valence-electron chi connectivity index (χ0n) is 18.3. The molecule has 8 heteroatoms. The lowest BCUT2D eigenvalue weighted by atomic mass is 9.84. The van der Waals surface area contributed by atoms with E-state index < -0.39 is 6.17 Å². The molecule has 0 aromatic carbocycles. The molecule has 2 fully saturated rings. The third kappa shape index (κ3) is 3.95. The van der Waals surface area contributed by atoms with E-state index in [1.807, 2.05) is 12.3 Å². The van der Waals surface area contributed by atoms with Gasteiger partial charge in [-0.25, -0.2) is 18.9 Å². The molecular formula is C23H30FN7. The summed E-state index contributed by atoms with van der Waals surface area (Å²) in [6, 6.07) is 6.22. The third-order valence-electron chi connectivity index (χ3n) is 6.82. The van der Waals surface area contributed by atoms with Crippen LogP contribution in [0.5, 0.6) is 0 Å². The van der Waals surface area contributed by atoms with Crippen LogP contribution in [0.3, 0.4) is 0 Å². The van der Waals surface area contributed by atoms with Crippen molar-refractivity contribution in [3.05, 3.63) is 42.1 Å². The van der Waals surface area contributed by atoms with Crippen LogP contribution in [0.1, 0.15) is 63.0 Å². The van der Waals surface area contributed by atoms with Gasteiger partial charge in [-0.15, -0.1) is 0 Å². The fraction of sp³-hybridized carbons (Fsp3) is 0.565. The molecule has 5 rings (SSSR count). The Balaban J connectivity index is 1.45. The fourth-order valence-electron chi connectivity index (χ4n) is 4.91. The molecule has 0 radical (unpaired) electrons. The normalized spacial score (nSPS) is 23.3. The average Bonchev–Trinajstić information content (AvgIpc) is 3.28. The van der Waals surface area contributed by atoms with Gasteiger partial charge in [0.15, 0.2) is 0 Å². The van der Waals surface area contributed by atoms with Crippen molar-refractivity contribution in [1.82, 2.24) is 24.6 Å². The number of hydrogen-bond donors (Lipinski definition) is 0. The molecule has 0 spiro atoms. The molecule has 164 valence electrons. The second kappa shape index (κ2) is 8.40. The van der Waals surface area contributed by atoms with Crippen LogP contribution < -0.4 is 9.80 Å². The summed E-state index contributed by atoms with van der Waals surface area (Å²) >= 11 is 0. The van der Waals surface area contributed by atoms with E-state index in [1.54, 1.807) is 4.52 Å². The first-order chi connectivity index (χ1) is 15.1. The van der Waals surface area contributed by atoms with Crippen molar-refractivity contribution < 1.29 is 4.39 Å². The van der Waals surface area contributed by atoms with Crippen LogP contribution in [0.2, 0.25) is 0 Å². The Bertz CT molecular complexity index is 1040. The Hall–Kier alpha value is -2.77. The Labute approximate surface area is 182 Å². The van der Waals surface area contributed by atoms with E-state index in [0.29, 0.717) is 17.4 Å². The second-order valence-corrected chi connectivity index (χ2v) is 8.93. The van der Waals surface area contributed by atoms with Crippen LogP contribution in [-0.2, 0) is 0 Å². The monoisotopic (exact) mass is 423 g/mol. The van der Waals surface area contributed by atoms with Crippen molar-refractivity contribution in [2.24, 2.45) is 5.92 Å². The minimum Gasteiger partial charge on any atom is -0.371 e. The number of alkyl halides is 1. The second-order valence-electron chi connectivity index (χ2n) is 8.93. The summed E-state index contributed by atoms with van der Waals surface area (Å²) in [5.41, 5.74) is 2.66. The summed E-state index contributed by atoms with van der Waals surface area (Å²) in [4.78, 5) is 18.1. The van der Waals surface area contributed by atoms with E-state index in [-0.39, 0.29) is 5.92 Å². The lowest BCUT2D eigenvalue weighted by Gasteiger charge is -2.38. The van der Waals surface area contributed by atoms with Gasteiger partial charge in [0.25, 0.3) is 5.78 Å². The predicted octanol–water partition coefficient (Wildman–Crippen LogP) is 4.17. The molecule has 5 heterocycles. The Morgan fingerprint density at radius 2 is 1.90 bits per heavy atom. The molecular weight excluding hydrogens is 393 g/mol. The van der Waals surface area contributed by atoms with Crippen molar-refractivity contribution in [2.45, 2.75) is 51.6 Å². The highest BCUT2D eigenvalue weighted by molar-refractivity contribution is 5.55. The molecule has 2 aliphatic rings. The van der Waals surface area contributed by atoms with Crippen LogP contribution in [0.25, 0.3) is 5.78 Å². The van der Waals surface area contributed by atoms with E-state index in [2.05, 4.69) is 43.9 Å². The maximum absolute atomic E-state index is 14.1. The van der Waals surface area contributed by atoms with Gasteiger partial charge < -0.3 is 9.80 Å². The minimum absolute atomic E-state index is 0.193. The maximum atomic E-state index is 14.1. The number of hydrogen-bond acceptors (Lipinski definition) is 6. The van der Waals surface area contributed by atoms with Gasteiger partial charge in [-0.1, -0.05) is 6.92 Å². The lowest BCUT2D eigenvalue weighted by molar-refractivity contribution is 0.355. The average molecular weight is 424 g/mol. The highest BCUT2D eigenvalue weighted by Crippen LogP contribution is 2.35. The highest BCUT2D eigenvalue weighted by Gasteiger charge is 2.31. The Morgan fingerprint density at radius 3 is 2.71 bits per heavy atom. The summed E-state index contributed by atoms with van der Waals surface area (Å²) in [5.74, 6) is 2.12. The smallest absolute Gasteiger partial charge is 0.252 e. The molecule has 31 heavy (non-hydrogen) atoms. The number of halogens is 1. The van der Waals surface area contributed by atoms with Gasteiger partial charge in [0.2, 0.25) is 0 Å². The zero-order chi connectivity index (χ0) is 21.4. The number of rotatable bonds is 4. The van der Waals surface area contributed by atoms with Crippen LogP contribution in [0, 0.1) is 5.92 Å². The largest absolute Gasteiger partial charge is 0.371 e. The van der Waals surface area contributed by atoms with Crippen LogP contribution in [0.4, 0.5) is 15.9 Å². The standard InChI is InChI=1S/C23H30FN7/c1-16-7-11-30(22-12-18(6-8-25-22)29-9-4-3-5-10-29)14-19(16)21-13-20(17(2)24)28-23-26-15-27-31(21)23/h6,8,12-13,15-17,19H,3-5,7,9-11,14H2,1-2H3/t16-,17?,19?/m1/s1. The van der Waals surface area contributed by atoms with Gasteiger partial charge in [0, 0.05) is 50.0 Å². The SMILES string of the molecule is CC(F)c1cc(C2CN(c3cc(N4CCCCC4)ccn3)CC[C@H]2C)n2ncnc2n1. The van der Waals surface area contributed by atoms with E-state index in [0.717, 1.165) is 44.1 Å². The van der Waals surface area contributed by atoms with Crippen LogP contribution in [-0.4, -0.2) is 50.7 Å². The third-order valence-corrected chi connectivity index (χ3v) is 6.82. The Morgan fingerprint density at radius 1 is 1.06 bits per heavy atom. The topological polar surface area (TPSA) is 62.5 Å². The van der Waals surface area contributed by atoms with Gasteiger partial charge >= 0.3 is 0 Å². The van der Waals surface area contributed by atoms with Crippen molar-refractivity contribution in [1.29, 1.82) is 0 Å². The molecule has 2 aliphatic heterocycles. The zero-order valence-corrected chi connectivity index (χ0v) is 18.3. The summed E-state index contributed by atoms with van der Waals surface area (Å²) in [6.45, 7) is 7.80.